The van der Waals surface area contributed by atoms with Crippen LogP contribution in [0, 0.1) is 11.7 Å². The van der Waals surface area contributed by atoms with Crippen LogP contribution in [-0.4, -0.2) is 81.3 Å². The van der Waals surface area contributed by atoms with Gasteiger partial charge in [-0.2, -0.15) is 0 Å². The van der Waals surface area contributed by atoms with Crippen LogP contribution in [-0.2, 0) is 36.9 Å². The SMILES string of the molecule is O=C(N[C@@H]1CCCCC/C=C\C2C[C@@]2(C(=O)O)NC(=O)[C@@H]2C[C@@H](OC(=O)N3Cc4cccc(F)c4C3)CN2C1=O)OC1CCC1. The number of carbonyl (C=O) groups excluding carboxylic acids is 4. The van der Waals surface area contributed by atoms with E-state index in [1.54, 1.807) is 12.1 Å². The van der Waals surface area contributed by atoms with Gasteiger partial charge in [0.05, 0.1) is 13.1 Å². The molecule has 2 saturated carbocycles. The molecular weight excluding hydrogens is 587 g/mol. The summed E-state index contributed by atoms with van der Waals surface area (Å²) >= 11 is 0. The van der Waals surface area contributed by atoms with Crippen molar-refractivity contribution < 1.29 is 42.9 Å². The molecule has 0 spiro atoms. The minimum absolute atomic E-state index is 0.0330. The number of alkyl carbamates (subject to hydrolysis) is 1. The van der Waals surface area contributed by atoms with Crippen LogP contribution in [0.1, 0.15) is 75.3 Å². The first-order chi connectivity index (χ1) is 21.6. The molecule has 45 heavy (non-hydrogen) atoms. The predicted octanol–water partition coefficient (Wildman–Crippen LogP) is 3.37. The highest BCUT2D eigenvalue weighted by Crippen LogP contribution is 2.45. The van der Waals surface area contributed by atoms with Crippen molar-refractivity contribution in [1.82, 2.24) is 20.4 Å². The molecule has 242 valence electrons. The van der Waals surface area contributed by atoms with Gasteiger partial charge in [-0.1, -0.05) is 37.1 Å². The number of nitrogens with one attached hydrogen (secondary N) is 2. The summed E-state index contributed by atoms with van der Waals surface area (Å²) < 4.78 is 25.5. The second-order valence-corrected chi connectivity index (χ2v) is 12.8. The lowest BCUT2D eigenvalue weighted by Crippen LogP contribution is -2.56. The van der Waals surface area contributed by atoms with E-state index in [4.69, 9.17) is 9.47 Å². The molecule has 0 aromatic heterocycles. The highest BCUT2D eigenvalue weighted by Gasteiger charge is 2.61. The van der Waals surface area contributed by atoms with Crippen molar-refractivity contribution in [2.45, 2.75) is 107 Å². The fraction of sp³-hybridized carbons (Fsp3) is 0.594. The van der Waals surface area contributed by atoms with Gasteiger partial charge in [-0.25, -0.2) is 18.8 Å². The molecule has 12 nitrogen and oxygen atoms in total. The number of allylic oxidation sites excluding steroid dienone is 1. The minimum Gasteiger partial charge on any atom is -0.479 e. The number of benzene rings is 1. The monoisotopic (exact) mass is 626 g/mol. The van der Waals surface area contributed by atoms with Gasteiger partial charge in [0, 0.05) is 24.4 Å². The van der Waals surface area contributed by atoms with Gasteiger partial charge in [-0.15, -0.1) is 0 Å². The standard InChI is InChI=1S/C32H39FN4O8/c33-24-12-6-8-19-16-36(18-23(19)24)31(43)45-22-14-26-27(38)35-32(29(40)41)15-20(32)9-4-2-1-3-5-13-25(28(39)37(26)17-22)34-30(42)44-21-10-7-11-21/h4,6,8-9,12,20-22,25-26H,1-3,5,7,10-11,13-18H2,(H,34,42)(H,35,38)(H,40,41)/b9-4-/t20?,22-,25-,26+,32-/m1/s1. The number of carboxylic acids is 1. The van der Waals surface area contributed by atoms with Crippen molar-refractivity contribution in [3.8, 4) is 0 Å². The summed E-state index contributed by atoms with van der Waals surface area (Å²) in [4.78, 5) is 68.6. The molecule has 3 fully saturated rings. The van der Waals surface area contributed by atoms with E-state index in [0.717, 1.165) is 38.5 Å². The number of fused-ring (bicyclic) bond motifs is 3. The van der Waals surface area contributed by atoms with Gasteiger partial charge in [0.25, 0.3) is 0 Å². The van der Waals surface area contributed by atoms with E-state index in [9.17, 15) is 33.5 Å². The Bertz CT molecular complexity index is 1400. The van der Waals surface area contributed by atoms with Crippen LogP contribution in [0.5, 0.6) is 0 Å². The van der Waals surface area contributed by atoms with Crippen LogP contribution < -0.4 is 10.6 Å². The zero-order valence-corrected chi connectivity index (χ0v) is 25.0. The lowest BCUT2D eigenvalue weighted by atomic mass is 9.96. The van der Waals surface area contributed by atoms with Crippen LogP contribution in [0.15, 0.2) is 30.4 Å². The van der Waals surface area contributed by atoms with Gasteiger partial charge < -0.3 is 30.1 Å². The van der Waals surface area contributed by atoms with Gasteiger partial charge in [0.2, 0.25) is 11.8 Å². The molecule has 4 amide bonds. The van der Waals surface area contributed by atoms with Crippen molar-refractivity contribution in [3.05, 3.63) is 47.3 Å². The Kier molecular flexibility index (Phi) is 8.69. The first-order valence-electron chi connectivity index (χ1n) is 15.9. The Morgan fingerprint density at radius 2 is 1.84 bits per heavy atom. The van der Waals surface area contributed by atoms with Crippen LogP contribution >= 0.6 is 0 Å². The highest BCUT2D eigenvalue weighted by molar-refractivity contribution is 5.96. The van der Waals surface area contributed by atoms with Crippen LogP contribution in [0.25, 0.3) is 0 Å². The number of halogens is 1. The van der Waals surface area contributed by atoms with Gasteiger partial charge in [0.15, 0.2) is 0 Å². The number of hydrogen-bond acceptors (Lipinski definition) is 7. The maximum Gasteiger partial charge on any atom is 0.410 e. The molecular formula is C32H39FN4O8. The average Bonchev–Trinajstić information content (AvgIpc) is 3.29. The van der Waals surface area contributed by atoms with E-state index in [0.29, 0.717) is 24.0 Å². The smallest absolute Gasteiger partial charge is 0.410 e. The maximum absolute atomic E-state index is 14.3. The van der Waals surface area contributed by atoms with E-state index < -0.39 is 59.5 Å². The number of aliphatic carboxylic acids is 1. The molecule has 13 heteroatoms. The van der Waals surface area contributed by atoms with Gasteiger partial charge in [-0.3, -0.25) is 14.5 Å². The molecule has 1 aromatic rings. The van der Waals surface area contributed by atoms with Crippen LogP contribution in [0.3, 0.4) is 0 Å². The third kappa shape index (κ3) is 6.48. The van der Waals surface area contributed by atoms with Crippen LogP contribution in [0.2, 0.25) is 0 Å². The highest BCUT2D eigenvalue weighted by atomic mass is 19.1. The number of carbonyl (C=O) groups is 5. The lowest BCUT2D eigenvalue weighted by molar-refractivity contribution is -0.145. The molecule has 1 aromatic carbocycles. The number of ether oxygens (including phenoxy) is 2. The molecule has 3 N–H and O–H groups in total. The molecule has 3 heterocycles. The van der Waals surface area contributed by atoms with E-state index in [1.165, 1.54) is 15.9 Å². The second-order valence-electron chi connectivity index (χ2n) is 12.8. The van der Waals surface area contributed by atoms with E-state index >= 15 is 0 Å². The summed E-state index contributed by atoms with van der Waals surface area (Å²) in [5, 5.41) is 15.4. The maximum atomic E-state index is 14.3. The first-order valence-corrected chi connectivity index (χ1v) is 15.9. The van der Waals surface area contributed by atoms with E-state index in [-0.39, 0.29) is 44.5 Å². The summed E-state index contributed by atoms with van der Waals surface area (Å²) in [6.07, 6.45) is 7.21. The largest absolute Gasteiger partial charge is 0.479 e. The molecule has 1 unspecified atom stereocenters. The van der Waals surface area contributed by atoms with Crippen molar-refractivity contribution in [3.63, 3.8) is 0 Å². The van der Waals surface area contributed by atoms with Gasteiger partial charge in [-0.05, 0) is 56.6 Å². The Morgan fingerprint density at radius 1 is 1.02 bits per heavy atom. The predicted molar refractivity (Wildman–Crippen MR) is 156 cm³/mol. The third-order valence-electron chi connectivity index (χ3n) is 9.69. The Labute approximate surface area is 260 Å². The summed E-state index contributed by atoms with van der Waals surface area (Å²) in [5.74, 6) is -3.14. The topological polar surface area (TPSA) is 155 Å². The second kappa shape index (κ2) is 12.7. The number of carboxylic acid groups (broad SMARTS) is 1. The summed E-state index contributed by atoms with van der Waals surface area (Å²) in [6, 6.07) is 2.52. The minimum atomic E-state index is -1.48. The molecule has 6 rings (SSSR count). The quantitative estimate of drug-likeness (QED) is 0.430. The Hall–Kier alpha value is -4.16. The zero-order chi connectivity index (χ0) is 31.7. The number of amides is 4. The molecule has 1 saturated heterocycles. The van der Waals surface area contributed by atoms with Crippen LogP contribution in [0.4, 0.5) is 14.0 Å². The third-order valence-corrected chi connectivity index (χ3v) is 9.69. The summed E-state index contributed by atoms with van der Waals surface area (Å²) in [5.41, 5.74) is -0.388. The van der Waals surface area contributed by atoms with Crippen molar-refractivity contribution in [2.24, 2.45) is 5.92 Å². The zero-order valence-electron chi connectivity index (χ0n) is 25.0. The normalized spacial score (nSPS) is 30.8. The Morgan fingerprint density at radius 3 is 2.58 bits per heavy atom. The van der Waals surface area contributed by atoms with Crippen molar-refractivity contribution >= 4 is 30.0 Å². The molecule has 2 aliphatic carbocycles. The lowest BCUT2D eigenvalue weighted by Gasteiger charge is -2.30. The molecule has 0 radical (unpaired) electrons. The molecule has 5 aliphatic rings. The van der Waals surface area contributed by atoms with Gasteiger partial charge in [0.1, 0.15) is 35.6 Å². The van der Waals surface area contributed by atoms with E-state index in [2.05, 4.69) is 10.6 Å². The van der Waals surface area contributed by atoms with Crippen molar-refractivity contribution in [2.75, 3.05) is 6.54 Å². The molecule has 0 bridgehead atoms. The molecule has 5 atom stereocenters. The Balaban J connectivity index is 1.21. The first kappa shape index (κ1) is 30.8. The summed E-state index contributed by atoms with van der Waals surface area (Å²) in [6.45, 7) is 0.0681. The molecule has 3 aliphatic heterocycles. The van der Waals surface area contributed by atoms with Crippen molar-refractivity contribution in [1.29, 1.82) is 0 Å². The van der Waals surface area contributed by atoms with E-state index in [1.807, 2.05) is 12.2 Å². The van der Waals surface area contributed by atoms with Gasteiger partial charge >= 0.3 is 18.2 Å². The average molecular weight is 627 g/mol. The number of rotatable bonds is 4. The fourth-order valence-electron chi connectivity index (χ4n) is 6.69. The fourth-order valence-corrected chi connectivity index (χ4v) is 6.69. The summed E-state index contributed by atoms with van der Waals surface area (Å²) in [7, 11) is 0. The number of nitrogens with zero attached hydrogens (tertiary/aromatic N) is 2. The number of hydrogen-bond donors (Lipinski definition) is 3.